The Labute approximate surface area is 158 Å². The number of alkyl halides is 9. The van der Waals surface area contributed by atoms with E-state index in [9.17, 15) is 49.1 Å². The third-order valence-electron chi connectivity index (χ3n) is 2.94. The Hall–Kier alpha value is -2.17. The van der Waals surface area contributed by atoms with Crippen LogP contribution in [0.5, 0.6) is 0 Å². The predicted octanol–water partition coefficient (Wildman–Crippen LogP) is 3.64. The van der Waals surface area contributed by atoms with Gasteiger partial charge in [-0.25, -0.2) is 25.2 Å². The van der Waals surface area contributed by atoms with Gasteiger partial charge in [0.05, 0.1) is 12.1 Å². The molecule has 1 heterocycles. The van der Waals surface area contributed by atoms with Crippen LogP contribution >= 0.6 is 0 Å². The summed E-state index contributed by atoms with van der Waals surface area (Å²) in [5, 5.41) is 0.00630. The first-order valence-electron chi connectivity index (χ1n) is 7.50. The molecule has 17 heteroatoms. The van der Waals surface area contributed by atoms with Crippen molar-refractivity contribution in [2.45, 2.75) is 44.6 Å². The van der Waals surface area contributed by atoms with Crippen LogP contribution in [0, 0.1) is 0 Å². The molecule has 0 saturated carbocycles. The Bertz CT molecular complexity index is 669. The fourth-order valence-electron chi connectivity index (χ4n) is 2.06. The van der Waals surface area contributed by atoms with E-state index in [1.807, 2.05) is 0 Å². The van der Waals surface area contributed by atoms with Crippen LogP contribution in [0.2, 0.25) is 19.6 Å². The van der Waals surface area contributed by atoms with Crippen molar-refractivity contribution in [2.75, 3.05) is 6.54 Å². The van der Waals surface area contributed by atoms with Gasteiger partial charge in [-0.1, -0.05) is 0 Å². The zero-order valence-electron chi connectivity index (χ0n) is 14.9. The summed E-state index contributed by atoms with van der Waals surface area (Å²) >= 11 is 0. The molecular weight excluding hydrogens is 447 g/mol. The number of carbonyl (C=O) groups excluding carboxylic acids is 2. The van der Waals surface area contributed by atoms with Crippen LogP contribution in [0.3, 0.4) is 0 Å². The molecule has 0 radical (unpaired) electrons. The maximum absolute atomic E-state index is 13.1. The molecule has 0 aromatic heterocycles. The average Bonchev–Trinajstić information content (AvgIpc) is 2.39. The molecule has 0 aromatic rings. The summed E-state index contributed by atoms with van der Waals surface area (Å²) in [6.07, 6.45) is -18.0. The topological polar surface area (TPSA) is 73.9 Å². The van der Waals surface area contributed by atoms with E-state index in [2.05, 4.69) is 0 Å². The average molecular weight is 462 g/mol. The Morgan fingerprint density at radius 1 is 0.966 bits per heavy atom. The normalized spacial score (nSPS) is 19.0. The Morgan fingerprint density at radius 2 is 1.41 bits per heavy atom. The second-order valence-electron chi connectivity index (χ2n) is 6.57. The SMILES string of the molecule is C[Si](C)(C)O[C@H]1C=C(C(F)(F)F)CN(C(=O)NC(F)(F)F)N1C(=O)NC(F)(F)F. The lowest BCUT2D eigenvalue weighted by atomic mass is 10.2. The number of hydrogen-bond donors (Lipinski definition) is 2. The van der Waals surface area contributed by atoms with Crippen molar-refractivity contribution < 1.29 is 53.5 Å². The third-order valence-corrected chi connectivity index (χ3v) is 3.89. The highest BCUT2D eigenvalue weighted by molar-refractivity contribution is 6.69. The number of hydrazine groups is 1. The quantitative estimate of drug-likeness (QED) is 0.285. The van der Waals surface area contributed by atoms with Gasteiger partial charge in [-0.05, 0) is 25.7 Å². The number of nitrogens with one attached hydrogen (secondary N) is 2. The second kappa shape index (κ2) is 7.92. The lowest BCUT2D eigenvalue weighted by Crippen LogP contribution is -2.66. The van der Waals surface area contributed by atoms with Crippen LogP contribution in [0.25, 0.3) is 0 Å². The van der Waals surface area contributed by atoms with E-state index in [0.717, 1.165) is 0 Å². The molecule has 1 rings (SSSR count). The van der Waals surface area contributed by atoms with Crippen LogP contribution in [-0.4, -0.2) is 61.9 Å². The minimum Gasteiger partial charge on any atom is -0.393 e. The standard InChI is InChI=1S/C12H15F9N4O3Si/c1-29(2,3)28-7-4-6(10(13,14)15)5-24(8(26)22-11(16,17)18)25(7)9(27)23-12(19,20)21/h4,7H,5H2,1-3H3,(H,22,26)(H,23,27)/t7-/m0/s1. The maximum atomic E-state index is 13.1. The number of hydrogen-bond acceptors (Lipinski definition) is 3. The van der Waals surface area contributed by atoms with Gasteiger partial charge < -0.3 is 4.43 Å². The van der Waals surface area contributed by atoms with Crippen LogP contribution < -0.4 is 10.6 Å². The number of carbonyl (C=O) groups is 2. The van der Waals surface area contributed by atoms with E-state index in [4.69, 9.17) is 4.43 Å². The Balaban J connectivity index is 3.48. The van der Waals surface area contributed by atoms with Crippen LogP contribution in [0.4, 0.5) is 49.1 Å². The molecule has 0 aliphatic carbocycles. The largest absolute Gasteiger partial charge is 0.486 e. The van der Waals surface area contributed by atoms with Gasteiger partial charge in [-0.15, -0.1) is 0 Å². The minimum atomic E-state index is -5.43. The van der Waals surface area contributed by atoms with Crippen molar-refractivity contribution in [3.8, 4) is 0 Å². The van der Waals surface area contributed by atoms with Crippen LogP contribution in [0.15, 0.2) is 11.6 Å². The molecule has 7 nitrogen and oxygen atoms in total. The maximum Gasteiger partial charge on any atom is 0.486 e. The molecule has 168 valence electrons. The van der Waals surface area contributed by atoms with Crippen molar-refractivity contribution in [1.82, 2.24) is 20.7 Å². The highest BCUT2D eigenvalue weighted by atomic mass is 28.4. The third kappa shape index (κ3) is 7.99. The van der Waals surface area contributed by atoms with Gasteiger partial charge in [-0.3, -0.25) is 0 Å². The second-order valence-corrected chi connectivity index (χ2v) is 11.0. The number of urea groups is 2. The molecule has 0 fully saturated rings. The molecule has 1 aliphatic rings. The molecule has 0 saturated heterocycles. The van der Waals surface area contributed by atoms with E-state index < -0.39 is 62.5 Å². The highest BCUT2D eigenvalue weighted by Crippen LogP contribution is 2.33. The Morgan fingerprint density at radius 3 is 1.79 bits per heavy atom. The van der Waals surface area contributed by atoms with Crippen molar-refractivity contribution in [3.05, 3.63) is 11.6 Å². The zero-order valence-corrected chi connectivity index (χ0v) is 15.9. The minimum absolute atomic E-state index is 0.228. The summed E-state index contributed by atoms with van der Waals surface area (Å²) in [6.45, 7) is 2.51. The van der Waals surface area contributed by atoms with Gasteiger partial charge in [-0.2, -0.15) is 44.5 Å². The smallest absolute Gasteiger partial charge is 0.393 e. The highest BCUT2D eigenvalue weighted by Gasteiger charge is 2.48. The first-order chi connectivity index (χ1) is 12.7. The van der Waals surface area contributed by atoms with E-state index in [0.29, 0.717) is 10.6 Å². The van der Waals surface area contributed by atoms with E-state index in [-0.39, 0.29) is 11.1 Å². The van der Waals surface area contributed by atoms with Gasteiger partial charge in [0, 0.05) is 0 Å². The zero-order chi connectivity index (χ0) is 23.0. The summed E-state index contributed by atoms with van der Waals surface area (Å²) in [5.74, 6) is 0. The fraction of sp³-hybridized carbons (Fsp3) is 0.667. The van der Waals surface area contributed by atoms with E-state index in [1.165, 1.54) is 19.6 Å². The number of nitrogens with zero attached hydrogens (tertiary/aromatic N) is 2. The monoisotopic (exact) mass is 462 g/mol. The lowest BCUT2D eigenvalue weighted by Gasteiger charge is -2.44. The molecule has 29 heavy (non-hydrogen) atoms. The first kappa shape index (κ1) is 24.9. The summed E-state index contributed by atoms with van der Waals surface area (Å²) < 4.78 is 119. The molecule has 0 spiro atoms. The lowest BCUT2D eigenvalue weighted by molar-refractivity contribution is -0.164. The predicted molar refractivity (Wildman–Crippen MR) is 80.1 cm³/mol. The van der Waals surface area contributed by atoms with Gasteiger partial charge in [0.25, 0.3) is 0 Å². The molecule has 1 aliphatic heterocycles. The summed E-state index contributed by atoms with van der Waals surface area (Å²) in [6, 6.07) is -4.52. The summed E-state index contributed by atoms with van der Waals surface area (Å²) in [7, 11) is -2.89. The van der Waals surface area contributed by atoms with Crippen LogP contribution in [0.1, 0.15) is 0 Å². The van der Waals surface area contributed by atoms with Gasteiger partial charge in [0.15, 0.2) is 14.5 Å². The van der Waals surface area contributed by atoms with Crippen molar-refractivity contribution >= 4 is 20.4 Å². The molecule has 0 unspecified atom stereocenters. The van der Waals surface area contributed by atoms with Crippen molar-refractivity contribution in [3.63, 3.8) is 0 Å². The molecule has 4 amide bonds. The summed E-state index contributed by atoms with van der Waals surface area (Å²) in [4.78, 5) is 23.8. The van der Waals surface area contributed by atoms with Crippen LogP contribution in [-0.2, 0) is 4.43 Å². The van der Waals surface area contributed by atoms with E-state index >= 15 is 0 Å². The number of halogens is 9. The van der Waals surface area contributed by atoms with Gasteiger partial charge >= 0.3 is 30.8 Å². The van der Waals surface area contributed by atoms with Gasteiger partial charge in [0.2, 0.25) is 0 Å². The molecular formula is C12H15F9N4O3Si. The molecule has 1 atom stereocenters. The van der Waals surface area contributed by atoms with Crippen molar-refractivity contribution in [1.29, 1.82) is 0 Å². The number of rotatable bonds is 2. The molecule has 0 aromatic carbocycles. The fourth-order valence-corrected chi connectivity index (χ4v) is 2.95. The first-order valence-corrected chi connectivity index (χ1v) is 10.9. The number of amides is 4. The molecule has 2 N–H and O–H groups in total. The van der Waals surface area contributed by atoms with Gasteiger partial charge in [0.1, 0.15) is 0 Å². The summed E-state index contributed by atoms with van der Waals surface area (Å²) in [5.41, 5.74) is -1.59. The van der Waals surface area contributed by atoms with Crippen molar-refractivity contribution in [2.24, 2.45) is 0 Å². The van der Waals surface area contributed by atoms with E-state index in [1.54, 1.807) is 0 Å². The Kier molecular flexibility index (Phi) is 6.79. The molecule has 0 bridgehead atoms.